The molecule has 0 saturated carbocycles. The van der Waals surface area contributed by atoms with Crippen molar-refractivity contribution in [3.05, 3.63) is 45.6 Å². The molecule has 0 spiro atoms. The Bertz CT molecular complexity index is 775. The van der Waals surface area contributed by atoms with Crippen LogP contribution in [0.1, 0.15) is 46.8 Å². The van der Waals surface area contributed by atoms with E-state index in [0.29, 0.717) is 18.0 Å². The summed E-state index contributed by atoms with van der Waals surface area (Å²) < 4.78 is 5.11. The lowest BCUT2D eigenvalue weighted by Gasteiger charge is -2.10. The third kappa shape index (κ3) is 4.85. The van der Waals surface area contributed by atoms with Crippen molar-refractivity contribution in [2.45, 2.75) is 39.5 Å². The second-order valence-corrected chi connectivity index (χ2v) is 8.06. The minimum atomic E-state index is -0.492. The Morgan fingerprint density at radius 2 is 1.85 bits per heavy atom. The second-order valence-electron chi connectivity index (χ2n) is 6.92. The van der Waals surface area contributed by atoms with Gasteiger partial charge in [0.15, 0.2) is 0 Å². The van der Waals surface area contributed by atoms with E-state index in [4.69, 9.17) is 4.74 Å². The second kappa shape index (κ2) is 8.36. The highest BCUT2D eigenvalue weighted by atomic mass is 32.1. The molecule has 2 N–H and O–H groups in total. The number of carbonyl (C=O) groups excluding carboxylic acids is 2. The molecular formula is C20H24N2O3S. The van der Waals surface area contributed by atoms with E-state index in [-0.39, 0.29) is 11.8 Å². The molecule has 6 heteroatoms. The third-order valence-electron chi connectivity index (χ3n) is 4.13. The molecule has 2 aromatic rings. The molecule has 138 valence electrons. The minimum absolute atomic E-state index is 0.107. The minimum Gasteiger partial charge on any atom is -0.449 e. The zero-order chi connectivity index (χ0) is 18.5. The molecule has 0 radical (unpaired) electrons. The molecule has 2 amide bonds. The summed E-state index contributed by atoms with van der Waals surface area (Å²) in [4.78, 5) is 26.4. The predicted octanol–water partition coefficient (Wildman–Crippen LogP) is 5.08. The van der Waals surface area contributed by atoms with Gasteiger partial charge < -0.3 is 10.1 Å². The SMILES string of the molecule is CC(C)COC(=O)Nc1cccc(NC(=O)c2cc3c(s2)CCCC3)c1. The number of rotatable bonds is 5. The van der Waals surface area contributed by atoms with Crippen molar-refractivity contribution in [1.82, 2.24) is 0 Å². The van der Waals surface area contributed by atoms with Gasteiger partial charge in [0.2, 0.25) is 0 Å². The molecule has 5 nitrogen and oxygen atoms in total. The van der Waals surface area contributed by atoms with Gasteiger partial charge in [-0.1, -0.05) is 19.9 Å². The first-order valence-electron chi connectivity index (χ1n) is 8.98. The van der Waals surface area contributed by atoms with Gasteiger partial charge in [-0.05, 0) is 61.4 Å². The summed E-state index contributed by atoms with van der Waals surface area (Å²) in [5, 5.41) is 5.59. The summed E-state index contributed by atoms with van der Waals surface area (Å²) in [6, 6.07) is 9.08. The fourth-order valence-corrected chi connectivity index (χ4v) is 4.02. The molecule has 3 rings (SSSR count). The lowest BCUT2D eigenvalue weighted by Crippen LogP contribution is -2.17. The normalized spacial score (nSPS) is 13.2. The van der Waals surface area contributed by atoms with Crippen LogP contribution in [0.2, 0.25) is 0 Å². The van der Waals surface area contributed by atoms with E-state index in [1.54, 1.807) is 35.6 Å². The van der Waals surface area contributed by atoms with Crippen molar-refractivity contribution in [2.75, 3.05) is 17.2 Å². The van der Waals surface area contributed by atoms with Gasteiger partial charge in [-0.15, -0.1) is 11.3 Å². The van der Waals surface area contributed by atoms with E-state index in [9.17, 15) is 9.59 Å². The number of fused-ring (bicyclic) bond motifs is 1. The number of ether oxygens (including phenoxy) is 1. The number of aryl methyl sites for hydroxylation is 2. The van der Waals surface area contributed by atoms with Gasteiger partial charge in [0, 0.05) is 16.3 Å². The number of thiophene rings is 1. The smallest absolute Gasteiger partial charge is 0.411 e. The summed E-state index contributed by atoms with van der Waals surface area (Å²) in [5.41, 5.74) is 2.54. The molecule has 1 aliphatic rings. The lowest BCUT2D eigenvalue weighted by atomic mass is 9.99. The molecule has 0 bridgehead atoms. The van der Waals surface area contributed by atoms with Gasteiger partial charge in [0.05, 0.1) is 11.5 Å². The number of carbonyl (C=O) groups is 2. The highest BCUT2D eigenvalue weighted by molar-refractivity contribution is 7.14. The van der Waals surface area contributed by atoms with Gasteiger partial charge >= 0.3 is 6.09 Å². The zero-order valence-electron chi connectivity index (χ0n) is 15.1. The Balaban J connectivity index is 1.62. The largest absolute Gasteiger partial charge is 0.449 e. The number of anilines is 2. The van der Waals surface area contributed by atoms with E-state index in [2.05, 4.69) is 10.6 Å². The van der Waals surface area contributed by atoms with Crippen LogP contribution in [-0.2, 0) is 17.6 Å². The lowest BCUT2D eigenvalue weighted by molar-refractivity contribution is 0.103. The maximum atomic E-state index is 12.5. The molecule has 0 fully saturated rings. The van der Waals surface area contributed by atoms with Crippen molar-refractivity contribution < 1.29 is 14.3 Å². The predicted molar refractivity (Wildman–Crippen MR) is 105 cm³/mol. The van der Waals surface area contributed by atoms with Gasteiger partial charge in [-0.25, -0.2) is 4.79 Å². The summed E-state index contributed by atoms with van der Waals surface area (Å²) in [6.45, 7) is 4.32. The molecule has 0 unspecified atom stereocenters. The van der Waals surface area contributed by atoms with Crippen molar-refractivity contribution >= 4 is 34.7 Å². The van der Waals surface area contributed by atoms with Crippen LogP contribution >= 0.6 is 11.3 Å². The highest BCUT2D eigenvalue weighted by Gasteiger charge is 2.17. The van der Waals surface area contributed by atoms with Crippen molar-refractivity contribution in [3.8, 4) is 0 Å². The molecule has 1 heterocycles. The van der Waals surface area contributed by atoms with E-state index in [0.717, 1.165) is 17.7 Å². The van der Waals surface area contributed by atoms with Crippen LogP contribution in [0.4, 0.5) is 16.2 Å². The Labute approximate surface area is 157 Å². The zero-order valence-corrected chi connectivity index (χ0v) is 15.9. The number of nitrogens with one attached hydrogen (secondary N) is 2. The summed E-state index contributed by atoms with van der Waals surface area (Å²) in [7, 11) is 0. The quantitative estimate of drug-likeness (QED) is 0.769. The highest BCUT2D eigenvalue weighted by Crippen LogP contribution is 2.30. The van der Waals surface area contributed by atoms with Crippen LogP contribution in [0.25, 0.3) is 0 Å². The van der Waals surface area contributed by atoms with Crippen LogP contribution in [-0.4, -0.2) is 18.6 Å². The Morgan fingerprint density at radius 1 is 1.12 bits per heavy atom. The first-order valence-corrected chi connectivity index (χ1v) is 9.79. The fraction of sp³-hybridized carbons (Fsp3) is 0.400. The number of hydrogen-bond acceptors (Lipinski definition) is 4. The van der Waals surface area contributed by atoms with E-state index < -0.39 is 6.09 Å². The molecule has 1 aromatic heterocycles. The molecule has 1 aliphatic carbocycles. The summed E-state index contributed by atoms with van der Waals surface area (Å²) in [5.74, 6) is 0.173. The van der Waals surface area contributed by atoms with Crippen LogP contribution in [0, 0.1) is 5.92 Å². The van der Waals surface area contributed by atoms with Crippen LogP contribution in [0.15, 0.2) is 30.3 Å². The first kappa shape index (κ1) is 18.5. The van der Waals surface area contributed by atoms with Gasteiger partial charge in [-0.2, -0.15) is 0 Å². The monoisotopic (exact) mass is 372 g/mol. The van der Waals surface area contributed by atoms with Crippen molar-refractivity contribution in [3.63, 3.8) is 0 Å². The van der Waals surface area contributed by atoms with Crippen molar-refractivity contribution in [1.29, 1.82) is 0 Å². The van der Waals surface area contributed by atoms with Gasteiger partial charge in [0.25, 0.3) is 5.91 Å². The van der Waals surface area contributed by atoms with Gasteiger partial charge in [0.1, 0.15) is 0 Å². The molecular weight excluding hydrogens is 348 g/mol. The van der Waals surface area contributed by atoms with Crippen LogP contribution in [0.3, 0.4) is 0 Å². The molecule has 0 atom stereocenters. The summed E-state index contributed by atoms with van der Waals surface area (Å²) >= 11 is 1.59. The van der Waals surface area contributed by atoms with E-state index >= 15 is 0 Å². The van der Waals surface area contributed by atoms with E-state index in [1.807, 2.05) is 19.9 Å². The number of amides is 2. The number of hydrogen-bond donors (Lipinski definition) is 2. The number of benzene rings is 1. The molecule has 0 aliphatic heterocycles. The average Bonchev–Trinajstić information content (AvgIpc) is 3.04. The first-order chi connectivity index (χ1) is 12.5. The van der Waals surface area contributed by atoms with E-state index in [1.165, 1.54) is 23.3 Å². The van der Waals surface area contributed by atoms with Crippen LogP contribution < -0.4 is 10.6 Å². The summed E-state index contributed by atoms with van der Waals surface area (Å²) in [6.07, 6.45) is 4.05. The maximum absolute atomic E-state index is 12.5. The standard InChI is InChI=1S/C20H24N2O3S/c1-13(2)12-25-20(24)22-16-8-5-7-15(11-16)21-19(23)18-10-14-6-3-4-9-17(14)26-18/h5,7-8,10-11,13H,3-4,6,9,12H2,1-2H3,(H,21,23)(H,22,24). The van der Waals surface area contributed by atoms with Gasteiger partial charge in [-0.3, -0.25) is 10.1 Å². The Kier molecular flexibility index (Phi) is 5.93. The Morgan fingerprint density at radius 3 is 2.58 bits per heavy atom. The van der Waals surface area contributed by atoms with Crippen LogP contribution in [0.5, 0.6) is 0 Å². The third-order valence-corrected chi connectivity index (χ3v) is 5.37. The Hall–Kier alpha value is -2.34. The molecule has 26 heavy (non-hydrogen) atoms. The fourth-order valence-electron chi connectivity index (χ4n) is 2.87. The molecule has 1 aromatic carbocycles. The topological polar surface area (TPSA) is 67.4 Å². The maximum Gasteiger partial charge on any atom is 0.411 e. The van der Waals surface area contributed by atoms with Crippen molar-refractivity contribution in [2.24, 2.45) is 5.92 Å². The average molecular weight is 372 g/mol. The molecule has 0 saturated heterocycles.